The number of amides is 1. The Balaban J connectivity index is 2.59. The van der Waals surface area contributed by atoms with Gasteiger partial charge in [0.2, 0.25) is 0 Å². The number of esters is 1. The maximum absolute atomic E-state index is 12.2. The highest BCUT2D eigenvalue weighted by Crippen LogP contribution is 2.06. The van der Waals surface area contributed by atoms with E-state index in [4.69, 9.17) is 21.1 Å². The number of ether oxygens (including phenoxy) is 2. The van der Waals surface area contributed by atoms with Gasteiger partial charge < -0.3 is 14.8 Å². The lowest BCUT2D eigenvalue weighted by Gasteiger charge is -2.17. The van der Waals surface area contributed by atoms with Gasteiger partial charge in [0.15, 0.2) is 0 Å². The lowest BCUT2D eigenvalue weighted by atomic mass is 10.1. The van der Waals surface area contributed by atoms with E-state index in [0.29, 0.717) is 13.0 Å². The molecular formula is C17H24ClNO4. The second kappa shape index (κ2) is 11.8. The minimum absolute atomic E-state index is 0.0942. The van der Waals surface area contributed by atoms with Crippen LogP contribution in [0.15, 0.2) is 30.3 Å². The number of halogens is 1. The quantitative estimate of drug-likeness (QED) is 0.403. The van der Waals surface area contributed by atoms with Gasteiger partial charge in [0, 0.05) is 6.42 Å². The molecule has 5 nitrogen and oxygen atoms in total. The van der Waals surface area contributed by atoms with Crippen LogP contribution in [0.5, 0.6) is 0 Å². The molecule has 0 aliphatic carbocycles. The molecule has 1 aromatic rings. The first-order valence-corrected chi connectivity index (χ1v) is 8.40. The van der Waals surface area contributed by atoms with E-state index in [9.17, 15) is 9.59 Å². The van der Waals surface area contributed by atoms with Crippen molar-refractivity contribution in [2.45, 2.75) is 38.6 Å². The van der Waals surface area contributed by atoms with E-state index in [0.717, 1.165) is 24.8 Å². The molecule has 1 aromatic carbocycles. The van der Waals surface area contributed by atoms with Crippen molar-refractivity contribution >= 4 is 23.7 Å². The van der Waals surface area contributed by atoms with Crippen LogP contribution in [0.3, 0.4) is 0 Å². The third-order valence-corrected chi connectivity index (χ3v) is 3.32. The molecule has 1 amide bonds. The molecule has 23 heavy (non-hydrogen) atoms. The number of benzene rings is 1. The van der Waals surface area contributed by atoms with Gasteiger partial charge in [0.05, 0.1) is 12.5 Å². The normalized spacial score (nSPS) is 11.6. The fourth-order valence-corrected chi connectivity index (χ4v) is 2.06. The summed E-state index contributed by atoms with van der Waals surface area (Å²) in [6.07, 6.45) is 2.55. The molecule has 6 heteroatoms. The SMILES string of the molecule is CCCCCOC(=O)C(Cc1ccccc1)NC(=O)OCCCl. The van der Waals surface area contributed by atoms with Crippen molar-refractivity contribution in [3.63, 3.8) is 0 Å². The summed E-state index contributed by atoms with van der Waals surface area (Å²) < 4.78 is 10.1. The van der Waals surface area contributed by atoms with Crippen molar-refractivity contribution in [1.29, 1.82) is 0 Å². The summed E-state index contributed by atoms with van der Waals surface area (Å²) in [5.74, 6) is -0.245. The monoisotopic (exact) mass is 341 g/mol. The molecule has 0 saturated heterocycles. The highest BCUT2D eigenvalue weighted by atomic mass is 35.5. The minimum Gasteiger partial charge on any atom is -0.464 e. The topological polar surface area (TPSA) is 64.6 Å². The Morgan fingerprint density at radius 2 is 1.87 bits per heavy atom. The van der Waals surface area contributed by atoms with E-state index in [1.54, 1.807) is 0 Å². The first-order valence-electron chi connectivity index (χ1n) is 7.87. The first kappa shape index (κ1) is 19.3. The second-order valence-corrected chi connectivity index (χ2v) is 5.46. The minimum atomic E-state index is -0.776. The molecule has 1 atom stereocenters. The third-order valence-electron chi connectivity index (χ3n) is 3.16. The lowest BCUT2D eigenvalue weighted by Crippen LogP contribution is -2.43. The Morgan fingerprint density at radius 3 is 2.52 bits per heavy atom. The lowest BCUT2D eigenvalue weighted by molar-refractivity contribution is -0.146. The maximum Gasteiger partial charge on any atom is 0.407 e. The summed E-state index contributed by atoms with van der Waals surface area (Å²) in [6, 6.07) is 8.66. The van der Waals surface area contributed by atoms with E-state index in [2.05, 4.69) is 12.2 Å². The van der Waals surface area contributed by atoms with E-state index in [1.165, 1.54) is 0 Å². The molecule has 1 N–H and O–H groups in total. The summed E-state index contributed by atoms with van der Waals surface area (Å²) in [6.45, 7) is 2.53. The van der Waals surface area contributed by atoms with Crippen molar-refractivity contribution in [2.24, 2.45) is 0 Å². The number of carbonyl (C=O) groups excluding carboxylic acids is 2. The zero-order valence-electron chi connectivity index (χ0n) is 13.4. The number of rotatable bonds is 10. The standard InChI is InChI=1S/C17H24ClNO4/c1-2-3-7-11-22-16(20)15(19-17(21)23-12-10-18)13-14-8-5-4-6-9-14/h4-6,8-9,15H,2-3,7,10-13H2,1H3,(H,19,21). The summed E-state index contributed by atoms with van der Waals surface area (Å²) in [5.41, 5.74) is 0.931. The summed E-state index contributed by atoms with van der Waals surface area (Å²) >= 11 is 5.48. The molecule has 0 saturated carbocycles. The van der Waals surface area contributed by atoms with Crippen molar-refractivity contribution in [1.82, 2.24) is 5.32 Å². The number of hydrogen-bond donors (Lipinski definition) is 1. The Hall–Kier alpha value is -1.75. The van der Waals surface area contributed by atoms with Crippen LogP contribution in [0, 0.1) is 0 Å². The van der Waals surface area contributed by atoms with Crippen LogP contribution >= 0.6 is 11.6 Å². The van der Waals surface area contributed by atoms with Crippen LogP contribution in [-0.2, 0) is 20.7 Å². The summed E-state index contributed by atoms with van der Waals surface area (Å²) in [4.78, 5) is 23.9. The van der Waals surface area contributed by atoms with Gasteiger partial charge in [-0.15, -0.1) is 11.6 Å². The zero-order valence-corrected chi connectivity index (χ0v) is 14.2. The molecule has 128 valence electrons. The van der Waals surface area contributed by atoms with Crippen molar-refractivity contribution < 1.29 is 19.1 Å². The van der Waals surface area contributed by atoms with Crippen LogP contribution < -0.4 is 5.32 Å². The largest absolute Gasteiger partial charge is 0.464 e. The fraction of sp³-hybridized carbons (Fsp3) is 0.529. The Morgan fingerprint density at radius 1 is 1.13 bits per heavy atom. The Labute approximate surface area is 142 Å². The molecule has 1 rings (SSSR count). The van der Waals surface area contributed by atoms with E-state index in [1.807, 2.05) is 30.3 Å². The molecule has 0 spiro atoms. The molecule has 0 aliphatic heterocycles. The van der Waals surface area contributed by atoms with Crippen LogP contribution in [0.1, 0.15) is 31.7 Å². The highest BCUT2D eigenvalue weighted by molar-refractivity contribution is 6.18. The Bertz CT molecular complexity index is 467. The van der Waals surface area contributed by atoms with Crippen LogP contribution in [0.4, 0.5) is 4.79 Å². The van der Waals surface area contributed by atoms with E-state index in [-0.39, 0.29) is 12.5 Å². The molecule has 1 unspecified atom stereocenters. The summed E-state index contributed by atoms with van der Waals surface area (Å²) in [7, 11) is 0. The van der Waals surface area contributed by atoms with Gasteiger partial charge >= 0.3 is 12.1 Å². The van der Waals surface area contributed by atoms with Crippen LogP contribution in [0.2, 0.25) is 0 Å². The molecular weight excluding hydrogens is 318 g/mol. The number of carbonyl (C=O) groups is 2. The van der Waals surface area contributed by atoms with Gasteiger partial charge in [-0.05, 0) is 12.0 Å². The third kappa shape index (κ3) is 8.45. The first-order chi connectivity index (χ1) is 11.2. The van der Waals surface area contributed by atoms with Gasteiger partial charge in [-0.2, -0.15) is 0 Å². The van der Waals surface area contributed by atoms with Crippen molar-refractivity contribution in [3.05, 3.63) is 35.9 Å². The number of alkyl carbamates (subject to hydrolysis) is 1. The van der Waals surface area contributed by atoms with Crippen LogP contribution in [-0.4, -0.2) is 37.2 Å². The number of nitrogens with one attached hydrogen (secondary N) is 1. The van der Waals surface area contributed by atoms with Gasteiger partial charge in [-0.3, -0.25) is 0 Å². The predicted molar refractivity (Wildman–Crippen MR) is 89.6 cm³/mol. The number of alkyl halides is 1. The molecule has 0 heterocycles. The predicted octanol–water partition coefficient (Wildman–Crippen LogP) is 3.30. The number of hydrogen-bond acceptors (Lipinski definition) is 4. The maximum atomic E-state index is 12.2. The smallest absolute Gasteiger partial charge is 0.407 e. The van der Waals surface area contributed by atoms with E-state index >= 15 is 0 Å². The van der Waals surface area contributed by atoms with Gasteiger partial charge in [-0.25, -0.2) is 9.59 Å². The zero-order chi connectivity index (χ0) is 16.9. The molecule has 0 aromatic heterocycles. The van der Waals surface area contributed by atoms with Crippen molar-refractivity contribution in [3.8, 4) is 0 Å². The average Bonchev–Trinajstić information content (AvgIpc) is 2.57. The van der Waals surface area contributed by atoms with Crippen LogP contribution in [0.25, 0.3) is 0 Å². The fourth-order valence-electron chi connectivity index (χ4n) is 1.98. The van der Waals surface area contributed by atoms with E-state index < -0.39 is 18.1 Å². The van der Waals surface area contributed by atoms with Gasteiger partial charge in [-0.1, -0.05) is 50.1 Å². The highest BCUT2D eigenvalue weighted by Gasteiger charge is 2.23. The van der Waals surface area contributed by atoms with Gasteiger partial charge in [0.1, 0.15) is 12.6 Å². The molecule has 0 aliphatic rings. The second-order valence-electron chi connectivity index (χ2n) is 5.09. The number of unbranched alkanes of at least 4 members (excludes halogenated alkanes) is 2. The van der Waals surface area contributed by atoms with Crippen molar-refractivity contribution in [2.75, 3.05) is 19.1 Å². The molecule has 0 fully saturated rings. The average molecular weight is 342 g/mol. The molecule has 0 radical (unpaired) electrons. The Kier molecular flexibility index (Phi) is 9.87. The molecule has 0 bridgehead atoms. The van der Waals surface area contributed by atoms with Gasteiger partial charge in [0.25, 0.3) is 0 Å². The summed E-state index contributed by atoms with van der Waals surface area (Å²) in [5, 5.41) is 2.55.